The summed E-state index contributed by atoms with van der Waals surface area (Å²) in [5.74, 6) is -0.430. The van der Waals surface area contributed by atoms with Gasteiger partial charge in [-0.1, -0.05) is 0 Å². The van der Waals surface area contributed by atoms with Crippen LogP contribution in [0.4, 0.5) is 0 Å². The Hall–Kier alpha value is -0.380. The van der Waals surface area contributed by atoms with Crippen molar-refractivity contribution in [3.8, 4) is 0 Å². The Labute approximate surface area is 70.5 Å². The lowest BCUT2D eigenvalue weighted by molar-refractivity contribution is -0.127. The fourth-order valence-corrected chi connectivity index (χ4v) is 1.80. The monoisotopic (exact) mass is 193 g/mol. The van der Waals surface area contributed by atoms with Crippen LogP contribution in [0.2, 0.25) is 0 Å². The topological polar surface area (TPSA) is 77.8 Å². The highest BCUT2D eigenvalue weighted by Gasteiger charge is 2.25. The van der Waals surface area contributed by atoms with Crippen LogP contribution >= 0.6 is 7.60 Å². The van der Waals surface area contributed by atoms with E-state index in [4.69, 9.17) is 9.79 Å². The quantitative estimate of drug-likeness (QED) is 0.594. The molecule has 0 aromatic carbocycles. The minimum atomic E-state index is -4.17. The third kappa shape index (κ3) is 2.93. The van der Waals surface area contributed by atoms with Crippen molar-refractivity contribution in [1.29, 1.82) is 0 Å². The standard InChI is InChI=1S/C6H12NO4P/c8-6(5-12(9,10)11)7-3-1-2-4-7/h1-5H2,(H2,9,10,11). The van der Waals surface area contributed by atoms with E-state index in [0.717, 1.165) is 12.8 Å². The van der Waals surface area contributed by atoms with Crippen molar-refractivity contribution in [1.82, 2.24) is 4.90 Å². The van der Waals surface area contributed by atoms with E-state index in [-0.39, 0.29) is 0 Å². The molecule has 1 rings (SSSR count). The van der Waals surface area contributed by atoms with Gasteiger partial charge in [0.15, 0.2) is 0 Å². The Morgan fingerprint density at radius 1 is 1.33 bits per heavy atom. The van der Waals surface area contributed by atoms with Gasteiger partial charge in [-0.3, -0.25) is 9.36 Å². The predicted octanol–water partition coefficient (Wildman–Crippen LogP) is -0.214. The van der Waals surface area contributed by atoms with Crippen molar-refractivity contribution in [2.45, 2.75) is 12.8 Å². The molecule has 1 heterocycles. The van der Waals surface area contributed by atoms with Gasteiger partial charge in [0.1, 0.15) is 6.16 Å². The smallest absolute Gasteiger partial charge is 0.334 e. The zero-order valence-corrected chi connectivity index (χ0v) is 7.54. The van der Waals surface area contributed by atoms with Crippen molar-refractivity contribution >= 4 is 13.5 Å². The van der Waals surface area contributed by atoms with Gasteiger partial charge in [0.2, 0.25) is 5.91 Å². The van der Waals surface area contributed by atoms with Crippen LogP contribution in [-0.4, -0.2) is 39.8 Å². The van der Waals surface area contributed by atoms with E-state index in [9.17, 15) is 9.36 Å². The van der Waals surface area contributed by atoms with Crippen LogP contribution in [0.5, 0.6) is 0 Å². The molecule has 12 heavy (non-hydrogen) atoms. The van der Waals surface area contributed by atoms with Crippen LogP contribution in [0, 0.1) is 0 Å². The van der Waals surface area contributed by atoms with Crippen LogP contribution in [-0.2, 0) is 9.36 Å². The molecule has 1 amide bonds. The maximum atomic E-state index is 11.1. The van der Waals surface area contributed by atoms with Gasteiger partial charge in [-0.2, -0.15) is 0 Å². The first-order valence-corrected chi connectivity index (χ1v) is 5.61. The average molecular weight is 193 g/mol. The highest BCUT2D eigenvalue weighted by Crippen LogP contribution is 2.34. The van der Waals surface area contributed by atoms with Crippen LogP contribution in [0.25, 0.3) is 0 Å². The molecular formula is C6H12NO4P. The molecule has 2 N–H and O–H groups in total. The number of nitrogens with zero attached hydrogens (tertiary/aromatic N) is 1. The first kappa shape index (κ1) is 9.71. The second kappa shape index (κ2) is 3.56. The maximum absolute atomic E-state index is 11.1. The fourth-order valence-electron chi connectivity index (χ4n) is 1.24. The summed E-state index contributed by atoms with van der Waals surface area (Å²) in [5, 5.41) is 0. The highest BCUT2D eigenvalue weighted by molar-refractivity contribution is 7.52. The lowest BCUT2D eigenvalue weighted by Gasteiger charge is -2.14. The number of amides is 1. The molecule has 0 aliphatic carbocycles. The number of rotatable bonds is 2. The van der Waals surface area contributed by atoms with E-state index < -0.39 is 19.7 Å². The first-order chi connectivity index (χ1) is 5.49. The molecule has 6 heteroatoms. The SMILES string of the molecule is O=C(CP(=O)(O)O)N1CCCC1. The van der Waals surface area contributed by atoms with Crippen molar-refractivity contribution < 1.29 is 19.1 Å². The van der Waals surface area contributed by atoms with E-state index in [1.165, 1.54) is 4.90 Å². The average Bonchev–Trinajstić information content (AvgIpc) is 2.32. The number of likely N-dealkylation sites (tertiary alicyclic amines) is 1. The molecule has 0 saturated carbocycles. The normalized spacial score (nSPS) is 18.3. The third-order valence-electron chi connectivity index (χ3n) is 1.80. The molecule has 5 nitrogen and oxygen atoms in total. The van der Waals surface area contributed by atoms with Gasteiger partial charge < -0.3 is 14.7 Å². The van der Waals surface area contributed by atoms with Crippen LogP contribution in [0.1, 0.15) is 12.8 Å². The Bertz CT molecular complexity index is 218. The molecule has 0 aromatic rings. The molecule has 0 radical (unpaired) electrons. The first-order valence-electron chi connectivity index (χ1n) is 3.81. The summed E-state index contributed by atoms with van der Waals surface area (Å²) in [4.78, 5) is 29.6. The second-order valence-corrected chi connectivity index (χ2v) is 4.56. The van der Waals surface area contributed by atoms with E-state index in [1.54, 1.807) is 0 Å². The van der Waals surface area contributed by atoms with Crippen LogP contribution < -0.4 is 0 Å². The Kier molecular flexibility index (Phi) is 2.88. The lowest BCUT2D eigenvalue weighted by Crippen LogP contribution is -2.30. The maximum Gasteiger partial charge on any atom is 0.334 e. The number of carbonyl (C=O) groups excluding carboxylic acids is 1. The van der Waals surface area contributed by atoms with E-state index in [1.807, 2.05) is 0 Å². The summed E-state index contributed by atoms with van der Waals surface area (Å²) in [6.45, 7) is 1.28. The summed E-state index contributed by atoms with van der Waals surface area (Å²) >= 11 is 0. The van der Waals surface area contributed by atoms with Crippen molar-refractivity contribution in [2.24, 2.45) is 0 Å². The van der Waals surface area contributed by atoms with E-state index in [0.29, 0.717) is 13.1 Å². The molecule has 1 saturated heterocycles. The minimum Gasteiger partial charge on any atom is -0.342 e. The molecule has 0 unspecified atom stereocenters. The Balaban J connectivity index is 2.43. The Morgan fingerprint density at radius 2 is 1.83 bits per heavy atom. The molecule has 0 bridgehead atoms. The van der Waals surface area contributed by atoms with Crippen molar-refractivity contribution in [2.75, 3.05) is 19.3 Å². The minimum absolute atomic E-state index is 0.430. The number of hydrogen-bond acceptors (Lipinski definition) is 2. The predicted molar refractivity (Wildman–Crippen MR) is 42.7 cm³/mol. The third-order valence-corrected chi connectivity index (χ3v) is 2.48. The largest absolute Gasteiger partial charge is 0.342 e. The molecule has 1 aliphatic rings. The van der Waals surface area contributed by atoms with Gasteiger partial charge >= 0.3 is 7.60 Å². The summed E-state index contributed by atoms with van der Waals surface area (Å²) in [6.07, 6.45) is 1.23. The van der Waals surface area contributed by atoms with Gasteiger partial charge in [0.05, 0.1) is 0 Å². The fraction of sp³-hybridized carbons (Fsp3) is 0.833. The molecule has 1 aliphatic heterocycles. The summed E-state index contributed by atoms with van der Waals surface area (Å²) < 4.78 is 10.4. The Morgan fingerprint density at radius 3 is 2.25 bits per heavy atom. The summed E-state index contributed by atoms with van der Waals surface area (Å²) in [5.41, 5.74) is 0. The van der Waals surface area contributed by atoms with Crippen LogP contribution in [0.3, 0.4) is 0 Å². The van der Waals surface area contributed by atoms with Crippen molar-refractivity contribution in [3.05, 3.63) is 0 Å². The highest BCUT2D eigenvalue weighted by atomic mass is 31.2. The van der Waals surface area contributed by atoms with Gasteiger partial charge in [0, 0.05) is 13.1 Å². The number of carbonyl (C=O) groups is 1. The van der Waals surface area contributed by atoms with Gasteiger partial charge in [-0.05, 0) is 12.8 Å². The lowest BCUT2D eigenvalue weighted by atomic mass is 10.4. The van der Waals surface area contributed by atoms with Gasteiger partial charge in [0.25, 0.3) is 0 Å². The molecule has 1 fully saturated rings. The molecule has 70 valence electrons. The summed E-state index contributed by atoms with van der Waals surface area (Å²) in [7, 11) is -4.17. The van der Waals surface area contributed by atoms with Gasteiger partial charge in [-0.25, -0.2) is 0 Å². The molecule has 0 atom stereocenters. The zero-order valence-electron chi connectivity index (χ0n) is 6.64. The molecular weight excluding hydrogens is 181 g/mol. The van der Waals surface area contributed by atoms with E-state index >= 15 is 0 Å². The van der Waals surface area contributed by atoms with Crippen LogP contribution in [0.15, 0.2) is 0 Å². The van der Waals surface area contributed by atoms with Gasteiger partial charge in [-0.15, -0.1) is 0 Å². The second-order valence-electron chi connectivity index (χ2n) is 2.91. The molecule has 0 spiro atoms. The zero-order chi connectivity index (χ0) is 9.19. The molecule has 0 aromatic heterocycles. The summed E-state index contributed by atoms with van der Waals surface area (Å²) in [6, 6.07) is 0. The van der Waals surface area contributed by atoms with Crippen molar-refractivity contribution in [3.63, 3.8) is 0 Å². The van der Waals surface area contributed by atoms with E-state index in [2.05, 4.69) is 0 Å². The number of hydrogen-bond donors (Lipinski definition) is 2.